The van der Waals surface area contributed by atoms with Crippen LogP contribution in [-0.2, 0) is 21.5 Å². The van der Waals surface area contributed by atoms with Crippen LogP contribution in [0.15, 0.2) is 24.3 Å². The number of amides is 1. The average molecular weight is 373 g/mol. The molecule has 7 heteroatoms. The van der Waals surface area contributed by atoms with Gasteiger partial charge in [0.15, 0.2) is 11.5 Å². The van der Waals surface area contributed by atoms with E-state index in [2.05, 4.69) is 0 Å². The molecule has 144 valence electrons. The van der Waals surface area contributed by atoms with Gasteiger partial charge in [-0.25, -0.2) is 0 Å². The van der Waals surface area contributed by atoms with Gasteiger partial charge in [0.1, 0.15) is 6.10 Å². The Labute approximate surface area is 157 Å². The summed E-state index contributed by atoms with van der Waals surface area (Å²) in [5.74, 6) is 0.214. The zero-order valence-corrected chi connectivity index (χ0v) is 15.2. The standard InChI is InChI=1S/C20H23NO6/c1-26-14-3-2-12-11-21(16(23)4-5-17(24)25)9-8-20-7-6-13(22)10-15(20)27-19(14)18(12)20/h2-3,6-7,13,15,22H,4-5,8-11H2,1H3,(H,24,25)/t13?,15-,20-/m0/s1. The number of aliphatic carboxylic acids is 1. The minimum atomic E-state index is -0.971. The Kier molecular flexibility index (Phi) is 4.34. The normalized spacial score (nSPS) is 28.0. The van der Waals surface area contributed by atoms with E-state index in [1.807, 2.05) is 18.2 Å². The third-order valence-corrected chi connectivity index (χ3v) is 5.86. The van der Waals surface area contributed by atoms with Crippen molar-refractivity contribution in [3.05, 3.63) is 35.4 Å². The number of hydrogen-bond donors (Lipinski definition) is 2. The van der Waals surface area contributed by atoms with Crippen molar-refractivity contribution in [3.8, 4) is 11.5 Å². The molecule has 1 amide bonds. The summed E-state index contributed by atoms with van der Waals surface area (Å²) in [5, 5.41) is 18.9. The number of carboxylic acids is 1. The van der Waals surface area contributed by atoms with Gasteiger partial charge in [-0.3, -0.25) is 9.59 Å². The predicted molar refractivity (Wildman–Crippen MR) is 95.8 cm³/mol. The van der Waals surface area contributed by atoms with E-state index in [1.165, 1.54) is 0 Å². The van der Waals surface area contributed by atoms with Crippen molar-refractivity contribution in [3.63, 3.8) is 0 Å². The number of nitrogens with zero attached hydrogens (tertiary/aromatic N) is 1. The molecule has 27 heavy (non-hydrogen) atoms. The molecule has 0 saturated heterocycles. The molecule has 2 N–H and O–H groups in total. The lowest BCUT2D eigenvalue weighted by molar-refractivity contribution is -0.141. The fraction of sp³-hybridized carbons (Fsp3) is 0.500. The van der Waals surface area contributed by atoms with Gasteiger partial charge in [0, 0.05) is 31.5 Å². The summed E-state index contributed by atoms with van der Waals surface area (Å²) >= 11 is 0. The number of carboxylic acid groups (broad SMARTS) is 1. The van der Waals surface area contributed by atoms with Crippen molar-refractivity contribution in [1.82, 2.24) is 4.90 Å². The number of benzene rings is 1. The number of carbonyl (C=O) groups excluding carboxylic acids is 1. The minimum absolute atomic E-state index is 0.00480. The van der Waals surface area contributed by atoms with Crippen molar-refractivity contribution < 1.29 is 29.3 Å². The summed E-state index contributed by atoms with van der Waals surface area (Å²) < 4.78 is 11.7. The number of carbonyl (C=O) groups is 2. The number of methoxy groups -OCH3 is 1. The number of aliphatic hydroxyl groups excluding tert-OH is 1. The van der Waals surface area contributed by atoms with E-state index < -0.39 is 17.5 Å². The number of hydrogen-bond acceptors (Lipinski definition) is 5. The van der Waals surface area contributed by atoms with Gasteiger partial charge >= 0.3 is 5.97 Å². The lowest BCUT2D eigenvalue weighted by Gasteiger charge is -2.35. The topological polar surface area (TPSA) is 96.3 Å². The molecule has 0 aromatic heterocycles. The van der Waals surface area contributed by atoms with E-state index >= 15 is 0 Å². The largest absolute Gasteiger partial charge is 0.493 e. The number of rotatable bonds is 4. The maximum atomic E-state index is 12.6. The van der Waals surface area contributed by atoms with Gasteiger partial charge in [-0.15, -0.1) is 0 Å². The predicted octanol–water partition coefficient (Wildman–Crippen LogP) is 1.61. The molecule has 3 aliphatic rings. The second kappa shape index (κ2) is 6.56. The molecule has 3 atom stereocenters. The molecule has 0 fully saturated rings. The zero-order valence-electron chi connectivity index (χ0n) is 15.2. The fourth-order valence-corrected chi connectivity index (χ4v) is 4.52. The van der Waals surface area contributed by atoms with E-state index in [0.717, 1.165) is 11.1 Å². The van der Waals surface area contributed by atoms with Gasteiger partial charge in [0.05, 0.1) is 25.0 Å². The van der Waals surface area contributed by atoms with E-state index in [0.29, 0.717) is 37.4 Å². The molecule has 0 saturated carbocycles. The summed E-state index contributed by atoms with van der Waals surface area (Å²) in [6, 6.07) is 3.79. The highest BCUT2D eigenvalue weighted by molar-refractivity contribution is 5.81. The van der Waals surface area contributed by atoms with Crippen LogP contribution in [0.25, 0.3) is 0 Å². The molecule has 1 aromatic rings. The molecule has 2 heterocycles. The second-order valence-electron chi connectivity index (χ2n) is 7.40. The highest BCUT2D eigenvalue weighted by atomic mass is 16.5. The van der Waals surface area contributed by atoms with Gasteiger partial charge in [-0.1, -0.05) is 18.2 Å². The summed E-state index contributed by atoms with van der Waals surface area (Å²) in [5.41, 5.74) is 1.61. The van der Waals surface area contributed by atoms with Gasteiger partial charge in [0.25, 0.3) is 0 Å². The first-order chi connectivity index (χ1) is 12.9. The molecule has 2 aliphatic heterocycles. The van der Waals surface area contributed by atoms with Crippen LogP contribution in [0.4, 0.5) is 0 Å². The van der Waals surface area contributed by atoms with E-state index in [4.69, 9.17) is 14.6 Å². The molecule has 1 aliphatic carbocycles. The quantitative estimate of drug-likeness (QED) is 0.779. The monoisotopic (exact) mass is 373 g/mol. The van der Waals surface area contributed by atoms with Crippen LogP contribution >= 0.6 is 0 Å². The van der Waals surface area contributed by atoms with E-state index in [-0.39, 0.29) is 24.9 Å². The van der Waals surface area contributed by atoms with Crippen molar-refractivity contribution >= 4 is 11.9 Å². The Balaban J connectivity index is 1.74. The highest BCUT2D eigenvalue weighted by Gasteiger charge is 2.53. The molecule has 1 unspecified atom stereocenters. The van der Waals surface area contributed by atoms with Crippen molar-refractivity contribution in [2.75, 3.05) is 13.7 Å². The van der Waals surface area contributed by atoms with Gasteiger partial charge in [-0.05, 0) is 18.1 Å². The number of ether oxygens (including phenoxy) is 2. The molecule has 0 bridgehead atoms. The first-order valence-electron chi connectivity index (χ1n) is 9.18. The Morgan fingerprint density at radius 1 is 1.37 bits per heavy atom. The third kappa shape index (κ3) is 2.86. The summed E-state index contributed by atoms with van der Waals surface area (Å²) in [7, 11) is 1.60. The van der Waals surface area contributed by atoms with Crippen molar-refractivity contribution in [2.24, 2.45) is 0 Å². The maximum Gasteiger partial charge on any atom is 0.303 e. The van der Waals surface area contributed by atoms with Gasteiger partial charge < -0.3 is 24.6 Å². The van der Waals surface area contributed by atoms with E-state index in [9.17, 15) is 14.7 Å². The Bertz CT molecular complexity index is 819. The lowest BCUT2D eigenvalue weighted by Crippen LogP contribution is -2.43. The Morgan fingerprint density at radius 3 is 2.93 bits per heavy atom. The number of aliphatic hydroxyl groups is 1. The van der Waals surface area contributed by atoms with Gasteiger partial charge in [0.2, 0.25) is 5.91 Å². The van der Waals surface area contributed by atoms with Crippen molar-refractivity contribution in [2.45, 2.75) is 49.9 Å². The van der Waals surface area contributed by atoms with Crippen molar-refractivity contribution in [1.29, 1.82) is 0 Å². The molecular formula is C20H23NO6. The molecule has 1 spiro atoms. The van der Waals surface area contributed by atoms with Crippen LogP contribution in [0.3, 0.4) is 0 Å². The fourth-order valence-electron chi connectivity index (χ4n) is 4.52. The molecule has 4 rings (SSSR count). The Hall–Kier alpha value is -2.54. The SMILES string of the molecule is COc1ccc2c3c1O[C@H]1CC(O)C=C[C@@]31CCN(C(=O)CCC(=O)O)C2. The van der Waals surface area contributed by atoms with Crippen LogP contribution < -0.4 is 9.47 Å². The van der Waals surface area contributed by atoms with Crippen LogP contribution in [0.5, 0.6) is 11.5 Å². The summed E-state index contributed by atoms with van der Waals surface area (Å²) in [4.78, 5) is 25.1. The highest BCUT2D eigenvalue weighted by Crippen LogP contribution is 2.55. The van der Waals surface area contributed by atoms with Crippen LogP contribution in [-0.4, -0.2) is 52.9 Å². The molecule has 7 nitrogen and oxygen atoms in total. The lowest BCUT2D eigenvalue weighted by atomic mass is 9.69. The summed E-state index contributed by atoms with van der Waals surface area (Å²) in [6.45, 7) is 0.925. The first kappa shape index (κ1) is 17.9. The van der Waals surface area contributed by atoms with Crippen LogP contribution in [0.1, 0.15) is 36.8 Å². The molecular weight excluding hydrogens is 350 g/mol. The third-order valence-electron chi connectivity index (χ3n) is 5.86. The van der Waals surface area contributed by atoms with Crippen LogP contribution in [0, 0.1) is 0 Å². The first-order valence-corrected chi connectivity index (χ1v) is 9.18. The second-order valence-corrected chi connectivity index (χ2v) is 7.40. The summed E-state index contributed by atoms with van der Waals surface area (Å²) in [6.07, 6.45) is 4.03. The van der Waals surface area contributed by atoms with E-state index in [1.54, 1.807) is 18.1 Å². The maximum absolute atomic E-state index is 12.6. The van der Waals surface area contributed by atoms with Gasteiger partial charge in [-0.2, -0.15) is 0 Å². The Morgan fingerprint density at radius 2 is 2.19 bits per heavy atom. The molecule has 0 radical (unpaired) electrons. The molecule has 1 aromatic carbocycles. The zero-order chi connectivity index (χ0) is 19.2. The minimum Gasteiger partial charge on any atom is -0.493 e. The smallest absolute Gasteiger partial charge is 0.303 e. The van der Waals surface area contributed by atoms with Crippen LogP contribution in [0.2, 0.25) is 0 Å². The average Bonchev–Trinajstić information content (AvgIpc) is 2.87.